The Morgan fingerprint density at radius 2 is 1.90 bits per heavy atom. The van der Waals surface area contributed by atoms with Crippen LogP contribution in [-0.2, 0) is 16.1 Å². The van der Waals surface area contributed by atoms with E-state index in [4.69, 9.17) is 4.74 Å². The number of aliphatic hydroxyl groups excluding tert-OH is 1. The van der Waals surface area contributed by atoms with E-state index in [0.717, 1.165) is 6.54 Å². The van der Waals surface area contributed by atoms with Gasteiger partial charge in [0.15, 0.2) is 0 Å². The number of aliphatic hydroxyl groups is 1. The molecule has 1 atom stereocenters. The number of benzene rings is 1. The highest BCUT2D eigenvalue weighted by Gasteiger charge is 2.20. The van der Waals surface area contributed by atoms with Crippen molar-refractivity contribution in [1.29, 1.82) is 0 Å². The van der Waals surface area contributed by atoms with Gasteiger partial charge in [0.05, 0.1) is 27.1 Å². The summed E-state index contributed by atoms with van der Waals surface area (Å²) < 4.78 is 5.58. The Morgan fingerprint density at radius 3 is 2.43 bits per heavy atom. The SMILES string of the molecule is C=C(C)C(=O)OC(O)CC[N+](C)(C)Cc1ccccc1.[Cl-]. The lowest BCUT2D eigenvalue weighted by Crippen LogP contribution is -3.00. The summed E-state index contributed by atoms with van der Waals surface area (Å²) in [7, 11) is 4.17. The predicted molar refractivity (Wildman–Crippen MR) is 78.7 cm³/mol. The smallest absolute Gasteiger partial charge is 0.335 e. The third kappa shape index (κ3) is 7.85. The molecule has 4 nitrogen and oxygen atoms in total. The number of carbonyl (C=O) groups excluding carboxylic acids is 1. The Balaban J connectivity index is 0.00000400. The highest BCUT2D eigenvalue weighted by atomic mass is 35.5. The Hall–Kier alpha value is -1.36. The average Bonchev–Trinajstić information content (AvgIpc) is 2.37. The van der Waals surface area contributed by atoms with E-state index < -0.39 is 12.3 Å². The summed E-state index contributed by atoms with van der Waals surface area (Å²) in [6.07, 6.45) is -0.675. The van der Waals surface area contributed by atoms with Crippen LogP contribution in [0.4, 0.5) is 0 Å². The van der Waals surface area contributed by atoms with Gasteiger partial charge < -0.3 is 26.7 Å². The zero-order chi connectivity index (χ0) is 15.2. The molecule has 1 rings (SSSR count). The molecule has 1 aromatic rings. The van der Waals surface area contributed by atoms with Crippen LogP contribution in [0.25, 0.3) is 0 Å². The molecule has 0 aliphatic rings. The normalized spacial score (nSPS) is 12.2. The van der Waals surface area contributed by atoms with Crippen molar-refractivity contribution >= 4 is 5.97 Å². The molecule has 5 heteroatoms. The minimum absolute atomic E-state index is 0. The summed E-state index contributed by atoms with van der Waals surface area (Å²) in [6, 6.07) is 10.2. The number of ether oxygens (including phenoxy) is 1. The highest BCUT2D eigenvalue weighted by molar-refractivity contribution is 5.86. The molecule has 0 aliphatic carbocycles. The lowest BCUT2D eigenvalue weighted by molar-refractivity contribution is -0.904. The molecule has 1 N–H and O–H groups in total. The molecule has 1 aromatic carbocycles. The van der Waals surface area contributed by atoms with Gasteiger partial charge in [-0.05, 0) is 6.92 Å². The topological polar surface area (TPSA) is 46.5 Å². The van der Waals surface area contributed by atoms with Gasteiger partial charge in [0.1, 0.15) is 6.54 Å². The van der Waals surface area contributed by atoms with Crippen LogP contribution in [-0.4, -0.2) is 42.5 Å². The van der Waals surface area contributed by atoms with E-state index in [9.17, 15) is 9.90 Å². The third-order valence-corrected chi connectivity index (χ3v) is 3.03. The Morgan fingerprint density at radius 1 is 1.33 bits per heavy atom. The van der Waals surface area contributed by atoms with Crippen LogP contribution in [0.5, 0.6) is 0 Å². The summed E-state index contributed by atoms with van der Waals surface area (Å²) in [4.78, 5) is 11.3. The largest absolute Gasteiger partial charge is 1.00 e. The van der Waals surface area contributed by atoms with E-state index in [1.807, 2.05) is 18.2 Å². The van der Waals surface area contributed by atoms with E-state index in [-0.39, 0.29) is 12.4 Å². The molecule has 21 heavy (non-hydrogen) atoms. The van der Waals surface area contributed by atoms with Crippen molar-refractivity contribution in [2.75, 3.05) is 20.6 Å². The molecule has 0 bridgehead atoms. The molecule has 0 saturated heterocycles. The van der Waals surface area contributed by atoms with Gasteiger partial charge in [-0.3, -0.25) is 0 Å². The Labute approximate surface area is 133 Å². The zero-order valence-corrected chi connectivity index (χ0v) is 13.6. The van der Waals surface area contributed by atoms with Crippen molar-refractivity contribution in [3.8, 4) is 0 Å². The average molecular weight is 314 g/mol. The second kappa shape index (κ2) is 8.82. The molecular formula is C16H24ClNO3. The summed E-state index contributed by atoms with van der Waals surface area (Å²) >= 11 is 0. The van der Waals surface area contributed by atoms with Crippen LogP contribution in [0.1, 0.15) is 18.9 Å². The maximum Gasteiger partial charge on any atom is 0.335 e. The van der Waals surface area contributed by atoms with Gasteiger partial charge in [-0.2, -0.15) is 0 Å². The minimum Gasteiger partial charge on any atom is -1.00 e. The van der Waals surface area contributed by atoms with Crippen LogP contribution in [0, 0.1) is 0 Å². The fourth-order valence-electron chi connectivity index (χ4n) is 1.90. The third-order valence-electron chi connectivity index (χ3n) is 3.03. The van der Waals surface area contributed by atoms with Crippen molar-refractivity contribution in [1.82, 2.24) is 0 Å². The molecule has 0 radical (unpaired) electrons. The summed E-state index contributed by atoms with van der Waals surface area (Å²) in [5, 5.41) is 9.70. The van der Waals surface area contributed by atoms with Gasteiger partial charge >= 0.3 is 5.97 Å². The van der Waals surface area contributed by atoms with Crippen LogP contribution in [0.2, 0.25) is 0 Å². The minimum atomic E-state index is -1.08. The summed E-state index contributed by atoms with van der Waals surface area (Å²) in [5.74, 6) is -0.550. The molecule has 1 unspecified atom stereocenters. The van der Waals surface area contributed by atoms with Gasteiger partial charge in [-0.1, -0.05) is 36.9 Å². The fraction of sp³-hybridized carbons (Fsp3) is 0.438. The zero-order valence-electron chi connectivity index (χ0n) is 12.9. The Bertz CT molecular complexity index is 460. The maximum absolute atomic E-state index is 11.3. The number of rotatable bonds is 7. The van der Waals surface area contributed by atoms with Gasteiger partial charge in [0.25, 0.3) is 0 Å². The molecule has 0 spiro atoms. The van der Waals surface area contributed by atoms with E-state index in [1.165, 1.54) is 5.56 Å². The van der Waals surface area contributed by atoms with Crippen LogP contribution >= 0.6 is 0 Å². The predicted octanol–water partition coefficient (Wildman–Crippen LogP) is -0.905. The highest BCUT2D eigenvalue weighted by Crippen LogP contribution is 2.11. The first-order chi connectivity index (χ1) is 9.30. The van der Waals surface area contributed by atoms with E-state index in [1.54, 1.807) is 6.92 Å². The van der Waals surface area contributed by atoms with Crippen molar-refractivity contribution in [3.63, 3.8) is 0 Å². The molecule has 118 valence electrons. The molecular weight excluding hydrogens is 290 g/mol. The van der Waals surface area contributed by atoms with Gasteiger partial charge in [-0.15, -0.1) is 0 Å². The number of halogens is 1. The number of carbonyl (C=O) groups is 1. The van der Waals surface area contributed by atoms with Crippen molar-refractivity contribution in [2.24, 2.45) is 0 Å². The van der Waals surface area contributed by atoms with Crippen molar-refractivity contribution < 1.29 is 31.5 Å². The fourth-order valence-corrected chi connectivity index (χ4v) is 1.90. The second-order valence-electron chi connectivity index (χ2n) is 5.73. The van der Waals surface area contributed by atoms with Gasteiger partial charge in [-0.25, -0.2) is 4.79 Å². The lowest BCUT2D eigenvalue weighted by atomic mass is 10.2. The first-order valence-corrected chi connectivity index (χ1v) is 6.71. The number of nitrogens with zero attached hydrogens (tertiary/aromatic N) is 1. The van der Waals surface area contributed by atoms with Gasteiger partial charge in [0.2, 0.25) is 6.29 Å². The monoisotopic (exact) mass is 313 g/mol. The van der Waals surface area contributed by atoms with Crippen molar-refractivity contribution in [2.45, 2.75) is 26.2 Å². The molecule has 0 aliphatic heterocycles. The Kier molecular flexibility index (Phi) is 8.25. The van der Waals surface area contributed by atoms with E-state index in [2.05, 4.69) is 32.8 Å². The number of hydrogen-bond donors (Lipinski definition) is 1. The van der Waals surface area contributed by atoms with E-state index in [0.29, 0.717) is 23.0 Å². The molecule has 0 amide bonds. The summed E-state index contributed by atoms with van der Waals surface area (Å²) in [6.45, 7) is 6.61. The van der Waals surface area contributed by atoms with Gasteiger partial charge in [0, 0.05) is 11.1 Å². The quantitative estimate of drug-likeness (QED) is 0.307. The first-order valence-electron chi connectivity index (χ1n) is 6.71. The second-order valence-corrected chi connectivity index (χ2v) is 5.73. The maximum atomic E-state index is 11.3. The molecule has 0 saturated carbocycles. The van der Waals surface area contributed by atoms with Crippen LogP contribution in [0.3, 0.4) is 0 Å². The van der Waals surface area contributed by atoms with E-state index >= 15 is 0 Å². The van der Waals surface area contributed by atoms with Crippen LogP contribution in [0.15, 0.2) is 42.5 Å². The molecule has 0 aromatic heterocycles. The standard InChI is InChI=1S/C16H24NO3.ClH/c1-13(2)16(19)20-15(18)10-11-17(3,4)12-14-8-6-5-7-9-14;/h5-9,15,18H,1,10-12H2,2-4H3;1H/q+1;/p-1. The summed E-state index contributed by atoms with van der Waals surface area (Å²) in [5.41, 5.74) is 1.54. The molecule has 0 fully saturated rings. The number of quaternary nitrogens is 1. The van der Waals surface area contributed by atoms with Crippen LogP contribution < -0.4 is 12.4 Å². The molecule has 0 heterocycles. The van der Waals surface area contributed by atoms with Crippen molar-refractivity contribution in [3.05, 3.63) is 48.0 Å². The first kappa shape index (κ1) is 19.6. The number of hydrogen-bond acceptors (Lipinski definition) is 3. The number of esters is 1. The lowest BCUT2D eigenvalue weighted by Gasteiger charge is -2.30.